The predicted molar refractivity (Wildman–Crippen MR) is 63.2 cm³/mol. The number of benzene rings is 1. The van der Waals surface area contributed by atoms with Gasteiger partial charge in [0.2, 0.25) is 0 Å². The monoisotopic (exact) mass is 236 g/mol. The molecule has 0 saturated heterocycles. The zero-order valence-electron chi connectivity index (χ0n) is 9.99. The summed E-state index contributed by atoms with van der Waals surface area (Å²) < 4.78 is 18.8. The highest BCUT2D eigenvalue weighted by atomic mass is 19.1. The van der Waals surface area contributed by atoms with E-state index >= 15 is 0 Å². The van der Waals surface area contributed by atoms with Crippen LogP contribution < -0.4 is 0 Å². The van der Waals surface area contributed by atoms with E-state index in [0.29, 0.717) is 5.92 Å². The molecule has 1 fully saturated rings. The van der Waals surface area contributed by atoms with E-state index in [1.54, 1.807) is 12.1 Å². The molecule has 0 radical (unpaired) electrons. The Morgan fingerprint density at radius 2 is 2.00 bits per heavy atom. The zero-order valence-corrected chi connectivity index (χ0v) is 9.99. The Labute approximate surface area is 101 Å². The van der Waals surface area contributed by atoms with Crippen molar-refractivity contribution in [3.63, 3.8) is 0 Å². The van der Waals surface area contributed by atoms with E-state index < -0.39 is 11.8 Å². The van der Waals surface area contributed by atoms with Gasteiger partial charge >= 0.3 is 5.97 Å². The number of carbonyl (C=O) groups excluding carboxylic acids is 1. The van der Waals surface area contributed by atoms with Crippen molar-refractivity contribution < 1.29 is 13.9 Å². The Balaban J connectivity index is 2.04. The first kappa shape index (κ1) is 12.1. The van der Waals surface area contributed by atoms with Gasteiger partial charge in [-0.15, -0.1) is 0 Å². The van der Waals surface area contributed by atoms with Gasteiger partial charge in [-0.05, 0) is 37.3 Å². The van der Waals surface area contributed by atoms with Crippen molar-refractivity contribution in [3.05, 3.63) is 35.6 Å². The van der Waals surface area contributed by atoms with Gasteiger partial charge in [0, 0.05) is 0 Å². The fourth-order valence-electron chi connectivity index (χ4n) is 2.29. The molecule has 3 heteroatoms. The van der Waals surface area contributed by atoms with E-state index in [4.69, 9.17) is 4.74 Å². The van der Waals surface area contributed by atoms with Crippen LogP contribution in [-0.4, -0.2) is 12.1 Å². The van der Waals surface area contributed by atoms with Crippen molar-refractivity contribution in [2.75, 3.05) is 0 Å². The van der Waals surface area contributed by atoms with Crippen LogP contribution in [0.4, 0.5) is 4.39 Å². The molecule has 2 rings (SSSR count). The Morgan fingerprint density at radius 3 is 2.71 bits per heavy atom. The first-order valence-electron chi connectivity index (χ1n) is 6.14. The highest BCUT2D eigenvalue weighted by Crippen LogP contribution is 2.27. The van der Waals surface area contributed by atoms with Gasteiger partial charge in [-0.3, -0.25) is 0 Å². The number of hydrogen-bond acceptors (Lipinski definition) is 2. The molecule has 1 aliphatic rings. The molecule has 0 spiro atoms. The standard InChI is InChI=1S/C14H17FO2/c1-10-6-2-5-9-13(10)17-14(16)11-7-3-4-8-12(11)15/h3-4,7-8,10,13H,2,5-6,9H2,1H3. The molecule has 1 aromatic rings. The Hall–Kier alpha value is -1.38. The van der Waals surface area contributed by atoms with Crippen LogP contribution in [0, 0.1) is 11.7 Å². The lowest BCUT2D eigenvalue weighted by Gasteiger charge is -2.28. The molecule has 17 heavy (non-hydrogen) atoms. The minimum absolute atomic E-state index is 0.0327. The van der Waals surface area contributed by atoms with Gasteiger partial charge < -0.3 is 4.74 Å². The number of hydrogen-bond donors (Lipinski definition) is 0. The smallest absolute Gasteiger partial charge is 0.341 e. The van der Waals surface area contributed by atoms with Crippen molar-refractivity contribution in [3.8, 4) is 0 Å². The molecule has 1 aliphatic carbocycles. The summed E-state index contributed by atoms with van der Waals surface area (Å²) >= 11 is 0. The van der Waals surface area contributed by atoms with Gasteiger partial charge in [0.15, 0.2) is 0 Å². The normalized spacial score (nSPS) is 24.4. The Kier molecular flexibility index (Phi) is 3.77. The van der Waals surface area contributed by atoms with E-state index in [9.17, 15) is 9.18 Å². The van der Waals surface area contributed by atoms with E-state index in [0.717, 1.165) is 19.3 Å². The fraction of sp³-hybridized carbons (Fsp3) is 0.500. The first-order valence-corrected chi connectivity index (χ1v) is 6.14. The van der Waals surface area contributed by atoms with Crippen LogP contribution in [0.3, 0.4) is 0 Å². The summed E-state index contributed by atoms with van der Waals surface area (Å²) in [4.78, 5) is 11.8. The van der Waals surface area contributed by atoms with Crippen LogP contribution in [0.5, 0.6) is 0 Å². The lowest BCUT2D eigenvalue weighted by atomic mass is 9.88. The lowest BCUT2D eigenvalue weighted by molar-refractivity contribution is 0.00437. The van der Waals surface area contributed by atoms with Crippen molar-refractivity contribution in [1.29, 1.82) is 0 Å². The molecule has 1 saturated carbocycles. The molecule has 0 bridgehead atoms. The third-order valence-corrected chi connectivity index (χ3v) is 3.38. The third kappa shape index (κ3) is 2.84. The minimum Gasteiger partial charge on any atom is -0.458 e. The fourth-order valence-corrected chi connectivity index (χ4v) is 2.29. The van der Waals surface area contributed by atoms with E-state index in [-0.39, 0.29) is 11.7 Å². The van der Waals surface area contributed by atoms with E-state index in [2.05, 4.69) is 6.92 Å². The molecule has 0 N–H and O–H groups in total. The maximum atomic E-state index is 13.4. The average molecular weight is 236 g/mol. The van der Waals surface area contributed by atoms with Crippen LogP contribution in [0.2, 0.25) is 0 Å². The number of halogens is 1. The van der Waals surface area contributed by atoms with Crippen LogP contribution in [-0.2, 0) is 4.74 Å². The molecule has 0 aliphatic heterocycles. The SMILES string of the molecule is CC1CCCCC1OC(=O)c1ccccc1F. The Morgan fingerprint density at radius 1 is 1.29 bits per heavy atom. The summed E-state index contributed by atoms with van der Waals surface area (Å²) in [7, 11) is 0. The average Bonchev–Trinajstić information content (AvgIpc) is 2.32. The maximum absolute atomic E-state index is 13.4. The summed E-state index contributed by atoms with van der Waals surface area (Å²) in [5.41, 5.74) is 0.0327. The van der Waals surface area contributed by atoms with Gasteiger partial charge in [0.05, 0.1) is 5.56 Å². The van der Waals surface area contributed by atoms with Crippen molar-refractivity contribution in [1.82, 2.24) is 0 Å². The molecule has 2 atom stereocenters. The molecule has 92 valence electrons. The largest absolute Gasteiger partial charge is 0.458 e. The summed E-state index contributed by atoms with van der Waals surface area (Å²) in [6.45, 7) is 2.08. The topological polar surface area (TPSA) is 26.3 Å². The molecule has 0 aromatic heterocycles. The van der Waals surface area contributed by atoms with E-state index in [1.165, 1.54) is 18.6 Å². The number of carbonyl (C=O) groups is 1. The van der Waals surface area contributed by atoms with Gasteiger partial charge in [0.1, 0.15) is 11.9 Å². The lowest BCUT2D eigenvalue weighted by Crippen LogP contribution is -2.28. The second kappa shape index (κ2) is 5.30. The second-order valence-electron chi connectivity index (χ2n) is 4.69. The molecular weight excluding hydrogens is 219 g/mol. The maximum Gasteiger partial charge on any atom is 0.341 e. The van der Waals surface area contributed by atoms with Gasteiger partial charge in [0.25, 0.3) is 0 Å². The van der Waals surface area contributed by atoms with Crippen molar-refractivity contribution in [2.24, 2.45) is 5.92 Å². The first-order chi connectivity index (χ1) is 8.18. The number of rotatable bonds is 2. The zero-order chi connectivity index (χ0) is 12.3. The van der Waals surface area contributed by atoms with Crippen LogP contribution in [0.25, 0.3) is 0 Å². The quantitative estimate of drug-likeness (QED) is 0.734. The summed E-state index contributed by atoms with van der Waals surface area (Å²) in [5, 5.41) is 0. The van der Waals surface area contributed by atoms with Crippen LogP contribution in [0.1, 0.15) is 43.0 Å². The molecule has 2 nitrogen and oxygen atoms in total. The van der Waals surface area contributed by atoms with Gasteiger partial charge in [-0.1, -0.05) is 25.5 Å². The van der Waals surface area contributed by atoms with Gasteiger partial charge in [-0.25, -0.2) is 9.18 Å². The summed E-state index contributed by atoms with van der Waals surface area (Å²) in [6, 6.07) is 5.95. The molecule has 0 heterocycles. The second-order valence-corrected chi connectivity index (χ2v) is 4.69. The number of esters is 1. The minimum atomic E-state index is -0.540. The number of ether oxygens (including phenoxy) is 1. The van der Waals surface area contributed by atoms with Crippen molar-refractivity contribution in [2.45, 2.75) is 38.7 Å². The third-order valence-electron chi connectivity index (χ3n) is 3.38. The Bertz CT molecular complexity index is 403. The summed E-state index contributed by atoms with van der Waals surface area (Å²) in [6.07, 6.45) is 4.18. The molecule has 0 amide bonds. The van der Waals surface area contributed by atoms with Crippen LogP contribution >= 0.6 is 0 Å². The summed E-state index contributed by atoms with van der Waals surface area (Å²) in [5.74, 6) is -0.678. The predicted octanol–water partition coefficient (Wildman–Crippen LogP) is 3.56. The highest BCUT2D eigenvalue weighted by Gasteiger charge is 2.26. The van der Waals surface area contributed by atoms with Crippen molar-refractivity contribution >= 4 is 5.97 Å². The molecule has 1 aromatic carbocycles. The highest BCUT2D eigenvalue weighted by molar-refractivity contribution is 5.89. The molecule has 2 unspecified atom stereocenters. The van der Waals surface area contributed by atoms with E-state index in [1.807, 2.05) is 0 Å². The van der Waals surface area contributed by atoms with Crippen LogP contribution in [0.15, 0.2) is 24.3 Å². The van der Waals surface area contributed by atoms with Gasteiger partial charge in [-0.2, -0.15) is 0 Å². The molecular formula is C14H17FO2.